The molecule has 10 heteroatoms. The van der Waals surface area contributed by atoms with Crippen molar-refractivity contribution >= 4 is 43.2 Å². The first-order valence-corrected chi connectivity index (χ1v) is 14.9. The Hall–Kier alpha value is -3.50. The molecule has 1 heterocycles. The SMILES string of the molecule is COc1cc(C(=O)O)c(F)cc1NS(=O)(=O)c1ccc2nc(-c3ccc(C4CCC(C)(C)CC4)cc3)sc2c1. The molecule has 0 radical (unpaired) electrons. The van der Waals surface area contributed by atoms with Crippen molar-refractivity contribution < 1.29 is 27.4 Å². The average molecular weight is 569 g/mol. The maximum absolute atomic E-state index is 14.3. The number of carboxylic acids is 1. The molecule has 39 heavy (non-hydrogen) atoms. The standard InChI is InChI=1S/C29H29FN2O5S2/c1-29(2)12-10-18(11-13-29)17-4-6-19(7-5-17)27-31-23-9-8-20(14-26(23)38-27)39(35,36)32-24-16-22(30)21(28(33)34)15-25(24)37-3/h4-9,14-16,18,32H,10-13H2,1-3H3,(H,33,34). The van der Waals surface area contributed by atoms with E-state index < -0.39 is 27.4 Å². The fourth-order valence-electron chi connectivity index (χ4n) is 5.00. The van der Waals surface area contributed by atoms with Crippen LogP contribution in [0.3, 0.4) is 0 Å². The summed E-state index contributed by atoms with van der Waals surface area (Å²) in [5.41, 5.74) is 2.58. The zero-order valence-electron chi connectivity index (χ0n) is 21.8. The number of aromatic nitrogens is 1. The minimum absolute atomic E-state index is 0.0365. The van der Waals surface area contributed by atoms with Crippen LogP contribution in [0.5, 0.6) is 5.75 Å². The largest absolute Gasteiger partial charge is 0.495 e. The predicted octanol–water partition coefficient (Wildman–Crippen LogP) is 7.29. The van der Waals surface area contributed by atoms with Gasteiger partial charge in [-0.3, -0.25) is 4.72 Å². The van der Waals surface area contributed by atoms with E-state index in [0.29, 0.717) is 21.5 Å². The summed E-state index contributed by atoms with van der Waals surface area (Å²) >= 11 is 1.39. The summed E-state index contributed by atoms with van der Waals surface area (Å²) in [7, 11) is -2.89. The van der Waals surface area contributed by atoms with Crippen molar-refractivity contribution in [2.45, 2.75) is 50.3 Å². The average Bonchev–Trinajstić information content (AvgIpc) is 3.32. The molecular weight excluding hydrogens is 539 g/mol. The summed E-state index contributed by atoms with van der Waals surface area (Å²) in [5.74, 6) is -2.10. The highest BCUT2D eigenvalue weighted by atomic mass is 32.2. The highest BCUT2D eigenvalue weighted by Crippen LogP contribution is 2.43. The summed E-state index contributed by atoms with van der Waals surface area (Å²) in [4.78, 5) is 15.9. The van der Waals surface area contributed by atoms with Crippen LogP contribution in [-0.2, 0) is 10.0 Å². The summed E-state index contributed by atoms with van der Waals surface area (Å²) < 4.78 is 48.6. The molecule has 2 N–H and O–H groups in total. The Balaban J connectivity index is 1.38. The molecule has 3 aromatic carbocycles. The molecule has 204 valence electrons. The monoisotopic (exact) mass is 568 g/mol. The summed E-state index contributed by atoms with van der Waals surface area (Å²) in [6.07, 6.45) is 4.85. The molecule has 1 aromatic heterocycles. The first-order valence-electron chi connectivity index (χ1n) is 12.6. The van der Waals surface area contributed by atoms with Crippen molar-refractivity contribution in [1.82, 2.24) is 4.98 Å². The van der Waals surface area contributed by atoms with E-state index in [-0.39, 0.29) is 16.3 Å². The third-order valence-electron chi connectivity index (χ3n) is 7.40. The third-order valence-corrected chi connectivity index (χ3v) is 9.83. The molecule has 1 aliphatic carbocycles. The van der Waals surface area contributed by atoms with Crippen LogP contribution in [-0.4, -0.2) is 31.6 Å². The van der Waals surface area contributed by atoms with E-state index in [2.05, 4.69) is 42.8 Å². The van der Waals surface area contributed by atoms with Crippen LogP contribution in [0, 0.1) is 11.2 Å². The van der Waals surface area contributed by atoms with Gasteiger partial charge in [0.15, 0.2) is 0 Å². The van der Waals surface area contributed by atoms with E-state index in [0.717, 1.165) is 22.7 Å². The molecule has 7 nitrogen and oxygen atoms in total. The van der Waals surface area contributed by atoms with Crippen molar-refractivity contribution in [3.63, 3.8) is 0 Å². The number of methoxy groups -OCH3 is 1. The highest BCUT2D eigenvalue weighted by Gasteiger charge is 2.27. The van der Waals surface area contributed by atoms with Gasteiger partial charge in [-0.25, -0.2) is 22.6 Å². The second-order valence-electron chi connectivity index (χ2n) is 10.7. The number of hydrogen-bond donors (Lipinski definition) is 2. The van der Waals surface area contributed by atoms with Crippen LogP contribution >= 0.6 is 11.3 Å². The van der Waals surface area contributed by atoms with Gasteiger partial charge in [0.1, 0.15) is 16.6 Å². The molecule has 1 fully saturated rings. The maximum Gasteiger partial charge on any atom is 0.338 e. The minimum atomic E-state index is -4.13. The molecule has 0 aliphatic heterocycles. The van der Waals surface area contributed by atoms with Gasteiger partial charge in [0.25, 0.3) is 10.0 Å². The van der Waals surface area contributed by atoms with E-state index in [1.54, 1.807) is 6.07 Å². The molecule has 0 saturated heterocycles. The van der Waals surface area contributed by atoms with Gasteiger partial charge in [-0.2, -0.15) is 0 Å². The number of aromatic carboxylic acids is 1. The summed E-state index contributed by atoms with van der Waals surface area (Å²) in [6, 6.07) is 14.8. The smallest absolute Gasteiger partial charge is 0.338 e. The van der Waals surface area contributed by atoms with E-state index in [4.69, 9.17) is 14.8 Å². The predicted molar refractivity (Wildman–Crippen MR) is 151 cm³/mol. The van der Waals surface area contributed by atoms with Crippen molar-refractivity contribution in [3.05, 3.63) is 71.5 Å². The van der Waals surface area contributed by atoms with Crippen molar-refractivity contribution in [2.24, 2.45) is 5.41 Å². The first-order chi connectivity index (χ1) is 18.5. The van der Waals surface area contributed by atoms with E-state index >= 15 is 0 Å². The van der Waals surface area contributed by atoms with Crippen LogP contribution in [0.25, 0.3) is 20.8 Å². The van der Waals surface area contributed by atoms with Gasteiger partial charge in [0, 0.05) is 11.6 Å². The van der Waals surface area contributed by atoms with E-state index in [9.17, 15) is 17.6 Å². The number of ether oxygens (including phenoxy) is 1. The number of thiazole rings is 1. The number of nitrogens with one attached hydrogen (secondary N) is 1. The van der Waals surface area contributed by atoms with Crippen LogP contribution in [0.1, 0.15) is 61.4 Å². The quantitative estimate of drug-likeness (QED) is 0.242. The summed E-state index contributed by atoms with van der Waals surface area (Å²) in [5, 5.41) is 9.91. The molecule has 4 aromatic rings. The van der Waals surface area contributed by atoms with Gasteiger partial charge >= 0.3 is 5.97 Å². The van der Waals surface area contributed by atoms with Crippen LogP contribution in [0.15, 0.2) is 59.5 Å². The lowest BCUT2D eigenvalue weighted by Gasteiger charge is -2.34. The zero-order valence-corrected chi connectivity index (χ0v) is 23.5. The van der Waals surface area contributed by atoms with E-state index in [1.807, 2.05) is 0 Å². The Morgan fingerprint density at radius 1 is 1.10 bits per heavy atom. The van der Waals surface area contributed by atoms with Gasteiger partial charge in [-0.1, -0.05) is 38.1 Å². The number of carbonyl (C=O) groups is 1. The fraction of sp³-hybridized carbons (Fsp3) is 0.310. The van der Waals surface area contributed by atoms with Crippen LogP contribution in [0.4, 0.5) is 10.1 Å². The van der Waals surface area contributed by atoms with Crippen LogP contribution < -0.4 is 9.46 Å². The number of sulfonamides is 1. The molecule has 0 amide bonds. The number of fused-ring (bicyclic) bond motifs is 1. The molecule has 0 bridgehead atoms. The number of rotatable bonds is 7. The van der Waals surface area contributed by atoms with Gasteiger partial charge in [-0.15, -0.1) is 11.3 Å². The molecule has 1 saturated carbocycles. The number of carboxylic acid groups (broad SMARTS) is 1. The van der Waals surface area contributed by atoms with Crippen molar-refractivity contribution in [3.8, 4) is 16.3 Å². The Kier molecular flexibility index (Phi) is 7.11. The molecule has 1 aliphatic rings. The van der Waals surface area contributed by atoms with Gasteiger partial charge in [-0.05, 0) is 66.8 Å². The lowest BCUT2D eigenvalue weighted by Crippen LogP contribution is -2.20. The van der Waals surface area contributed by atoms with Crippen molar-refractivity contribution in [2.75, 3.05) is 11.8 Å². The Morgan fingerprint density at radius 3 is 2.44 bits per heavy atom. The lowest BCUT2D eigenvalue weighted by atomic mass is 9.71. The number of anilines is 1. The molecular formula is C29H29FN2O5S2. The highest BCUT2D eigenvalue weighted by molar-refractivity contribution is 7.92. The second-order valence-corrected chi connectivity index (χ2v) is 13.4. The van der Waals surface area contributed by atoms with Gasteiger partial charge < -0.3 is 9.84 Å². The minimum Gasteiger partial charge on any atom is -0.495 e. The number of benzene rings is 3. The van der Waals surface area contributed by atoms with Crippen LogP contribution in [0.2, 0.25) is 0 Å². The third kappa shape index (κ3) is 5.62. The molecule has 5 rings (SSSR count). The fourth-order valence-corrected chi connectivity index (χ4v) is 7.17. The topological polar surface area (TPSA) is 106 Å². The Morgan fingerprint density at radius 2 is 1.79 bits per heavy atom. The Bertz CT molecular complexity index is 1650. The number of hydrogen-bond acceptors (Lipinski definition) is 6. The first kappa shape index (κ1) is 27.1. The molecule has 0 atom stereocenters. The number of halogens is 1. The zero-order chi connectivity index (χ0) is 27.9. The number of nitrogens with zero attached hydrogens (tertiary/aromatic N) is 1. The lowest BCUT2D eigenvalue weighted by molar-refractivity contribution is 0.0691. The van der Waals surface area contributed by atoms with Gasteiger partial charge in [0.2, 0.25) is 0 Å². The van der Waals surface area contributed by atoms with E-state index in [1.165, 1.54) is 61.8 Å². The normalized spacial score (nSPS) is 15.8. The van der Waals surface area contributed by atoms with Crippen molar-refractivity contribution in [1.29, 1.82) is 0 Å². The van der Waals surface area contributed by atoms with Gasteiger partial charge in [0.05, 0.1) is 33.5 Å². The summed E-state index contributed by atoms with van der Waals surface area (Å²) in [6.45, 7) is 4.67. The molecule has 0 unspecified atom stereocenters. The second kappa shape index (κ2) is 10.2. The Labute approximate surface area is 230 Å². The molecule has 0 spiro atoms. The maximum atomic E-state index is 14.3.